The average molecular weight is 390 g/mol. The van der Waals surface area contributed by atoms with Gasteiger partial charge in [0.25, 0.3) is 10.0 Å². The molecule has 0 bridgehead atoms. The van der Waals surface area contributed by atoms with E-state index >= 15 is 0 Å². The van der Waals surface area contributed by atoms with Gasteiger partial charge in [-0.2, -0.15) is 13.5 Å². The van der Waals surface area contributed by atoms with E-state index in [9.17, 15) is 13.5 Å². The molecule has 0 fully saturated rings. The topological polar surface area (TPSA) is 78.8 Å². The van der Waals surface area contributed by atoms with Crippen LogP contribution < -0.4 is 4.83 Å². The molecule has 0 aliphatic carbocycles. The molecule has 2 N–H and O–H groups in total. The van der Waals surface area contributed by atoms with E-state index in [2.05, 4.69) is 25.9 Å². The third-order valence-electron chi connectivity index (χ3n) is 2.48. The lowest BCUT2D eigenvalue weighted by atomic mass is 10.2. The van der Waals surface area contributed by atoms with Crippen molar-refractivity contribution < 1.29 is 13.5 Å². The van der Waals surface area contributed by atoms with Crippen LogP contribution in [0.4, 0.5) is 0 Å². The number of aromatic hydroxyl groups is 1. The normalized spacial score (nSPS) is 11.7. The lowest BCUT2D eigenvalue weighted by molar-refractivity contribution is 0.475. The minimum Gasteiger partial charge on any atom is -0.506 e. The van der Waals surface area contributed by atoms with Crippen molar-refractivity contribution in [2.45, 2.75) is 4.90 Å². The molecule has 0 spiro atoms. The van der Waals surface area contributed by atoms with Gasteiger partial charge in [-0.25, -0.2) is 4.83 Å². The second-order valence-electron chi connectivity index (χ2n) is 4.02. The van der Waals surface area contributed by atoms with Gasteiger partial charge in [-0.3, -0.25) is 0 Å². The van der Waals surface area contributed by atoms with Crippen LogP contribution in [-0.4, -0.2) is 19.7 Å². The van der Waals surface area contributed by atoms with Crippen molar-refractivity contribution >= 4 is 43.8 Å². The number of rotatable bonds is 4. The Labute approximate surface area is 135 Å². The van der Waals surface area contributed by atoms with Gasteiger partial charge in [0.15, 0.2) is 0 Å². The smallest absolute Gasteiger partial charge is 0.276 e. The van der Waals surface area contributed by atoms with E-state index < -0.39 is 10.0 Å². The highest BCUT2D eigenvalue weighted by atomic mass is 79.9. The molecule has 5 nitrogen and oxygen atoms in total. The number of hydrazone groups is 1. The molecule has 0 aliphatic rings. The van der Waals surface area contributed by atoms with Crippen LogP contribution in [0.5, 0.6) is 5.75 Å². The van der Waals surface area contributed by atoms with Gasteiger partial charge in [0.2, 0.25) is 0 Å². The van der Waals surface area contributed by atoms with Gasteiger partial charge in [-0.1, -0.05) is 27.5 Å². The standard InChI is InChI=1S/C13H10BrClN2O3S/c14-10-2-4-11(5-3-10)21(19,20)17-16-8-9-1-6-13(18)12(15)7-9/h1-8,17-18H/b16-8+. The highest BCUT2D eigenvalue weighted by Gasteiger charge is 2.11. The number of hydrogen-bond donors (Lipinski definition) is 2. The van der Waals surface area contributed by atoms with Crippen molar-refractivity contribution in [2.24, 2.45) is 5.10 Å². The van der Waals surface area contributed by atoms with Crippen molar-refractivity contribution in [2.75, 3.05) is 0 Å². The number of halogens is 2. The van der Waals surface area contributed by atoms with Gasteiger partial charge in [0, 0.05) is 4.47 Å². The Hall–Kier alpha value is -1.57. The van der Waals surface area contributed by atoms with E-state index in [1.165, 1.54) is 30.5 Å². The molecule has 0 aliphatic heterocycles. The molecule has 0 atom stereocenters. The van der Waals surface area contributed by atoms with Crippen LogP contribution >= 0.6 is 27.5 Å². The fourth-order valence-corrected chi connectivity index (χ4v) is 2.68. The summed E-state index contributed by atoms with van der Waals surface area (Å²) in [4.78, 5) is 2.20. The van der Waals surface area contributed by atoms with Crippen molar-refractivity contribution in [1.29, 1.82) is 0 Å². The molecule has 0 unspecified atom stereocenters. The summed E-state index contributed by atoms with van der Waals surface area (Å²) in [5.41, 5.74) is 0.552. The van der Waals surface area contributed by atoms with Crippen molar-refractivity contribution in [3.05, 3.63) is 57.5 Å². The van der Waals surface area contributed by atoms with E-state index in [1.54, 1.807) is 18.2 Å². The number of nitrogens with one attached hydrogen (secondary N) is 1. The number of phenolic OH excluding ortho intramolecular Hbond substituents is 1. The molecular formula is C13H10BrClN2O3S. The number of hydrogen-bond acceptors (Lipinski definition) is 4. The Morgan fingerprint density at radius 2 is 1.86 bits per heavy atom. The van der Waals surface area contributed by atoms with E-state index in [-0.39, 0.29) is 15.7 Å². The lowest BCUT2D eigenvalue weighted by Gasteiger charge is -2.03. The van der Waals surface area contributed by atoms with E-state index in [1.807, 2.05) is 0 Å². The first kappa shape index (κ1) is 15.8. The molecule has 0 radical (unpaired) electrons. The van der Waals surface area contributed by atoms with Gasteiger partial charge in [-0.05, 0) is 48.0 Å². The predicted octanol–water partition coefficient (Wildman–Crippen LogP) is 3.12. The average Bonchev–Trinajstić information content (AvgIpc) is 2.43. The SMILES string of the molecule is O=S(=O)(N/N=C/c1ccc(O)c(Cl)c1)c1ccc(Br)cc1. The monoisotopic (exact) mass is 388 g/mol. The number of nitrogens with zero attached hydrogens (tertiary/aromatic N) is 1. The van der Waals surface area contributed by atoms with Crippen LogP contribution in [0.1, 0.15) is 5.56 Å². The number of phenols is 1. The predicted molar refractivity (Wildman–Crippen MR) is 85.2 cm³/mol. The highest BCUT2D eigenvalue weighted by Crippen LogP contribution is 2.22. The Balaban J connectivity index is 2.12. The second-order valence-corrected chi connectivity index (χ2v) is 7.00. The molecule has 8 heteroatoms. The molecule has 2 aromatic carbocycles. The summed E-state index contributed by atoms with van der Waals surface area (Å²) in [6.07, 6.45) is 1.29. The number of sulfonamides is 1. The first-order chi connectivity index (χ1) is 9.88. The van der Waals surface area contributed by atoms with Crippen LogP contribution in [0.25, 0.3) is 0 Å². The zero-order valence-electron chi connectivity index (χ0n) is 10.5. The van der Waals surface area contributed by atoms with E-state index in [0.717, 1.165) is 4.47 Å². The Bertz CT molecular complexity index is 777. The third kappa shape index (κ3) is 4.20. The Kier molecular flexibility index (Phi) is 4.87. The highest BCUT2D eigenvalue weighted by molar-refractivity contribution is 9.10. The minimum absolute atomic E-state index is 0.0516. The molecule has 0 heterocycles. The largest absolute Gasteiger partial charge is 0.506 e. The molecule has 110 valence electrons. The Morgan fingerprint density at radius 1 is 1.19 bits per heavy atom. The fraction of sp³-hybridized carbons (Fsp3) is 0. The zero-order chi connectivity index (χ0) is 15.5. The first-order valence-electron chi connectivity index (χ1n) is 5.67. The maximum atomic E-state index is 11.9. The third-order valence-corrected chi connectivity index (χ3v) is 4.55. The molecule has 0 amide bonds. The van der Waals surface area contributed by atoms with Gasteiger partial charge >= 0.3 is 0 Å². The summed E-state index contributed by atoms with van der Waals surface area (Å²) in [5, 5.41) is 13.1. The van der Waals surface area contributed by atoms with Crippen molar-refractivity contribution in [3.8, 4) is 5.75 Å². The molecule has 2 rings (SSSR count). The zero-order valence-corrected chi connectivity index (χ0v) is 13.7. The van der Waals surface area contributed by atoms with Gasteiger partial charge in [0.1, 0.15) is 5.75 Å². The molecule has 21 heavy (non-hydrogen) atoms. The molecular weight excluding hydrogens is 380 g/mol. The molecule has 0 saturated heterocycles. The summed E-state index contributed by atoms with van der Waals surface area (Å²) < 4.78 is 24.7. The summed E-state index contributed by atoms with van der Waals surface area (Å²) in [7, 11) is -3.72. The summed E-state index contributed by atoms with van der Waals surface area (Å²) in [5.74, 6) is -0.0516. The van der Waals surface area contributed by atoms with Crippen LogP contribution in [0.15, 0.2) is 56.9 Å². The van der Waals surface area contributed by atoms with Crippen LogP contribution in [0, 0.1) is 0 Å². The van der Waals surface area contributed by atoms with Crippen LogP contribution in [0.3, 0.4) is 0 Å². The van der Waals surface area contributed by atoms with E-state index in [0.29, 0.717) is 5.56 Å². The maximum absolute atomic E-state index is 11.9. The Morgan fingerprint density at radius 3 is 2.48 bits per heavy atom. The van der Waals surface area contributed by atoms with Gasteiger partial charge < -0.3 is 5.11 Å². The van der Waals surface area contributed by atoms with Gasteiger partial charge in [-0.15, -0.1) is 0 Å². The van der Waals surface area contributed by atoms with Crippen molar-refractivity contribution in [1.82, 2.24) is 4.83 Å². The van der Waals surface area contributed by atoms with E-state index in [4.69, 9.17) is 11.6 Å². The summed E-state index contributed by atoms with van der Waals surface area (Å²) >= 11 is 8.97. The molecule has 2 aromatic rings. The molecule has 0 aromatic heterocycles. The fourth-order valence-electron chi connectivity index (χ4n) is 1.44. The quantitative estimate of drug-likeness (QED) is 0.623. The van der Waals surface area contributed by atoms with Crippen LogP contribution in [-0.2, 0) is 10.0 Å². The van der Waals surface area contributed by atoms with Crippen molar-refractivity contribution in [3.63, 3.8) is 0 Å². The second kappa shape index (κ2) is 6.46. The van der Waals surface area contributed by atoms with Gasteiger partial charge in [0.05, 0.1) is 16.1 Å². The minimum atomic E-state index is -3.72. The summed E-state index contributed by atoms with van der Waals surface area (Å²) in [6, 6.07) is 10.6. The summed E-state index contributed by atoms with van der Waals surface area (Å²) in [6.45, 7) is 0. The first-order valence-corrected chi connectivity index (χ1v) is 8.33. The maximum Gasteiger partial charge on any atom is 0.276 e. The van der Waals surface area contributed by atoms with Crippen LogP contribution in [0.2, 0.25) is 5.02 Å². The number of benzene rings is 2. The molecule has 0 saturated carbocycles. The lowest BCUT2D eigenvalue weighted by Crippen LogP contribution is -2.18.